The Labute approximate surface area is 100 Å². The summed E-state index contributed by atoms with van der Waals surface area (Å²) in [5.41, 5.74) is 4.63. The zero-order valence-corrected chi connectivity index (χ0v) is 10.4. The molecule has 1 rings (SSSR count). The lowest BCUT2D eigenvalue weighted by Crippen LogP contribution is -2.30. The van der Waals surface area contributed by atoms with Crippen molar-refractivity contribution >= 4 is 0 Å². The van der Waals surface area contributed by atoms with Crippen molar-refractivity contribution < 1.29 is 13.2 Å². The summed E-state index contributed by atoms with van der Waals surface area (Å²) in [4.78, 5) is 0. The van der Waals surface area contributed by atoms with E-state index < -0.39 is 12.7 Å². The summed E-state index contributed by atoms with van der Waals surface area (Å²) in [6.07, 6.45) is -3.49. The molecule has 0 saturated carbocycles. The van der Waals surface area contributed by atoms with Crippen LogP contribution in [-0.2, 0) is 6.42 Å². The van der Waals surface area contributed by atoms with E-state index in [1.807, 2.05) is 20.8 Å². The molecule has 0 bridgehead atoms. The Morgan fingerprint density at radius 3 is 2.06 bits per heavy atom. The zero-order valence-electron chi connectivity index (χ0n) is 10.4. The standard InChI is InChI=1S/C13H18F3N/c1-9-6-10(2)12(11(3)7-9)4-5-17-8-13(14,15)16/h6-7,17H,4-5,8H2,1-3H3. The molecule has 1 aromatic carbocycles. The molecule has 0 saturated heterocycles. The van der Waals surface area contributed by atoms with Crippen LogP contribution in [-0.4, -0.2) is 19.3 Å². The summed E-state index contributed by atoms with van der Waals surface area (Å²) in [7, 11) is 0. The van der Waals surface area contributed by atoms with E-state index in [1.54, 1.807) is 0 Å². The van der Waals surface area contributed by atoms with Crippen LogP contribution in [0.4, 0.5) is 13.2 Å². The molecule has 0 spiro atoms. The van der Waals surface area contributed by atoms with E-state index in [2.05, 4.69) is 17.4 Å². The van der Waals surface area contributed by atoms with Crippen LogP contribution in [0.5, 0.6) is 0 Å². The van der Waals surface area contributed by atoms with Gasteiger partial charge in [0.05, 0.1) is 6.54 Å². The maximum absolute atomic E-state index is 11.9. The van der Waals surface area contributed by atoms with Gasteiger partial charge >= 0.3 is 6.18 Å². The second kappa shape index (κ2) is 5.54. The van der Waals surface area contributed by atoms with Gasteiger partial charge in [-0.05, 0) is 50.4 Å². The fraction of sp³-hybridized carbons (Fsp3) is 0.538. The first kappa shape index (κ1) is 14.0. The van der Waals surface area contributed by atoms with Gasteiger partial charge in [0.15, 0.2) is 0 Å². The van der Waals surface area contributed by atoms with Crippen LogP contribution in [0.1, 0.15) is 22.3 Å². The average molecular weight is 245 g/mol. The number of halogens is 3. The van der Waals surface area contributed by atoms with Crippen molar-refractivity contribution in [3.8, 4) is 0 Å². The predicted octanol–water partition coefficient (Wildman–Crippen LogP) is 3.31. The second-order valence-electron chi connectivity index (χ2n) is 4.42. The Balaban J connectivity index is 2.53. The molecular formula is C13H18F3N. The lowest BCUT2D eigenvalue weighted by Gasteiger charge is -2.12. The molecule has 1 nitrogen and oxygen atoms in total. The number of alkyl halides is 3. The van der Waals surface area contributed by atoms with Crippen LogP contribution in [0.15, 0.2) is 12.1 Å². The van der Waals surface area contributed by atoms with Gasteiger partial charge in [-0.2, -0.15) is 13.2 Å². The summed E-state index contributed by atoms with van der Waals surface area (Å²) in [5.74, 6) is 0. The molecule has 0 aromatic heterocycles. The number of nitrogens with one attached hydrogen (secondary N) is 1. The van der Waals surface area contributed by atoms with E-state index >= 15 is 0 Å². The molecule has 1 N–H and O–H groups in total. The molecular weight excluding hydrogens is 227 g/mol. The zero-order chi connectivity index (χ0) is 13.1. The highest BCUT2D eigenvalue weighted by molar-refractivity contribution is 5.37. The van der Waals surface area contributed by atoms with Gasteiger partial charge in [-0.3, -0.25) is 0 Å². The first-order valence-electron chi connectivity index (χ1n) is 5.64. The quantitative estimate of drug-likeness (QED) is 0.802. The van der Waals surface area contributed by atoms with E-state index in [0.717, 1.165) is 16.7 Å². The summed E-state index contributed by atoms with van der Waals surface area (Å²) in [6, 6.07) is 4.12. The van der Waals surface area contributed by atoms with Crippen molar-refractivity contribution in [2.24, 2.45) is 0 Å². The molecule has 0 amide bonds. The number of aryl methyl sites for hydroxylation is 3. The van der Waals surface area contributed by atoms with Crippen molar-refractivity contribution in [1.29, 1.82) is 0 Å². The van der Waals surface area contributed by atoms with Crippen molar-refractivity contribution in [2.75, 3.05) is 13.1 Å². The van der Waals surface area contributed by atoms with Gasteiger partial charge in [-0.15, -0.1) is 0 Å². The predicted molar refractivity (Wildman–Crippen MR) is 63.3 cm³/mol. The molecule has 96 valence electrons. The van der Waals surface area contributed by atoms with Gasteiger partial charge in [0.1, 0.15) is 0 Å². The molecule has 1 aromatic rings. The highest BCUT2D eigenvalue weighted by Gasteiger charge is 2.25. The normalized spacial score (nSPS) is 11.9. The van der Waals surface area contributed by atoms with Gasteiger partial charge in [0.2, 0.25) is 0 Å². The largest absolute Gasteiger partial charge is 0.401 e. The SMILES string of the molecule is Cc1cc(C)c(CCNCC(F)(F)F)c(C)c1. The monoisotopic (exact) mass is 245 g/mol. The summed E-state index contributed by atoms with van der Waals surface area (Å²) in [5, 5.41) is 2.42. The molecule has 0 aliphatic carbocycles. The van der Waals surface area contributed by atoms with Crippen molar-refractivity contribution in [1.82, 2.24) is 5.32 Å². The lowest BCUT2D eigenvalue weighted by molar-refractivity contribution is -0.124. The summed E-state index contributed by atoms with van der Waals surface area (Å²) in [6.45, 7) is 5.45. The van der Waals surface area contributed by atoms with Gasteiger partial charge in [0.25, 0.3) is 0 Å². The minimum atomic E-state index is -4.13. The third-order valence-corrected chi connectivity index (χ3v) is 2.72. The maximum atomic E-state index is 11.9. The van der Waals surface area contributed by atoms with Crippen molar-refractivity contribution in [2.45, 2.75) is 33.4 Å². The lowest BCUT2D eigenvalue weighted by atomic mass is 9.97. The Morgan fingerprint density at radius 2 is 1.59 bits per heavy atom. The third-order valence-electron chi connectivity index (χ3n) is 2.72. The molecule has 0 atom stereocenters. The van der Waals surface area contributed by atoms with Crippen LogP contribution in [0.25, 0.3) is 0 Å². The van der Waals surface area contributed by atoms with E-state index in [4.69, 9.17) is 0 Å². The van der Waals surface area contributed by atoms with Gasteiger partial charge < -0.3 is 5.32 Å². The topological polar surface area (TPSA) is 12.0 Å². The Morgan fingerprint density at radius 1 is 1.06 bits per heavy atom. The Kier molecular flexibility index (Phi) is 4.57. The first-order chi connectivity index (χ1) is 7.79. The fourth-order valence-electron chi connectivity index (χ4n) is 2.05. The van der Waals surface area contributed by atoms with Gasteiger partial charge in [-0.1, -0.05) is 17.7 Å². The molecule has 0 aliphatic heterocycles. The second-order valence-corrected chi connectivity index (χ2v) is 4.42. The molecule has 0 heterocycles. The minimum absolute atomic E-state index is 0.351. The van der Waals surface area contributed by atoms with Crippen molar-refractivity contribution in [3.63, 3.8) is 0 Å². The number of hydrogen-bond acceptors (Lipinski definition) is 1. The maximum Gasteiger partial charge on any atom is 0.401 e. The van der Waals surface area contributed by atoms with Crippen LogP contribution in [0.3, 0.4) is 0 Å². The molecule has 4 heteroatoms. The fourth-order valence-corrected chi connectivity index (χ4v) is 2.05. The molecule has 17 heavy (non-hydrogen) atoms. The highest BCUT2D eigenvalue weighted by atomic mass is 19.4. The van der Waals surface area contributed by atoms with Crippen LogP contribution < -0.4 is 5.32 Å². The van der Waals surface area contributed by atoms with Gasteiger partial charge in [-0.25, -0.2) is 0 Å². The first-order valence-corrected chi connectivity index (χ1v) is 5.64. The van der Waals surface area contributed by atoms with E-state index in [0.29, 0.717) is 13.0 Å². The summed E-state index contributed by atoms with van der Waals surface area (Å²) < 4.78 is 35.8. The minimum Gasteiger partial charge on any atom is -0.308 e. The van der Waals surface area contributed by atoms with Crippen LogP contribution in [0, 0.1) is 20.8 Å². The van der Waals surface area contributed by atoms with Crippen LogP contribution >= 0.6 is 0 Å². The Hall–Kier alpha value is -1.03. The molecule has 0 aliphatic rings. The number of hydrogen-bond donors (Lipinski definition) is 1. The van der Waals surface area contributed by atoms with E-state index in [1.165, 1.54) is 5.56 Å². The number of benzene rings is 1. The van der Waals surface area contributed by atoms with Crippen molar-refractivity contribution in [3.05, 3.63) is 34.4 Å². The highest BCUT2D eigenvalue weighted by Crippen LogP contribution is 2.17. The van der Waals surface area contributed by atoms with Gasteiger partial charge in [0, 0.05) is 0 Å². The molecule has 0 unspecified atom stereocenters. The Bertz CT molecular complexity index is 360. The molecule has 0 fully saturated rings. The van der Waals surface area contributed by atoms with Crippen LogP contribution in [0.2, 0.25) is 0 Å². The molecule has 0 radical (unpaired) electrons. The number of rotatable bonds is 4. The smallest absolute Gasteiger partial charge is 0.308 e. The average Bonchev–Trinajstić information content (AvgIpc) is 2.13. The van der Waals surface area contributed by atoms with E-state index in [9.17, 15) is 13.2 Å². The van der Waals surface area contributed by atoms with E-state index in [-0.39, 0.29) is 0 Å². The third kappa shape index (κ3) is 4.77. The summed E-state index contributed by atoms with van der Waals surface area (Å²) >= 11 is 0.